The molecular weight excluding hydrogens is 765 g/mol. The summed E-state index contributed by atoms with van der Waals surface area (Å²) in [6, 6.07) is 87.1. The van der Waals surface area contributed by atoms with Gasteiger partial charge in [0.2, 0.25) is 0 Å². The molecule has 12 aromatic rings. The van der Waals surface area contributed by atoms with E-state index in [-0.39, 0.29) is 0 Å². The quantitative estimate of drug-likeness (QED) is 0.153. The summed E-state index contributed by atoms with van der Waals surface area (Å²) in [5.74, 6) is 0. The first kappa shape index (κ1) is 36.5. The lowest BCUT2D eigenvalue weighted by Gasteiger charge is -2.26. The number of benzene rings is 10. The van der Waals surface area contributed by atoms with Gasteiger partial charge in [-0.05, 0) is 136 Å². The fourth-order valence-corrected chi connectivity index (χ4v) is 9.27. The smallest absolute Gasteiger partial charge is 0.135 e. The zero-order chi connectivity index (χ0) is 41.7. The first-order valence-corrected chi connectivity index (χ1v) is 21.5. The number of nitrogens with zero attached hydrogens (tertiary/aromatic N) is 2. The van der Waals surface area contributed by atoms with Crippen LogP contribution >= 0.6 is 0 Å². The molecular formula is C60H40N2O. The average Bonchev–Trinajstić information content (AvgIpc) is 3.90. The van der Waals surface area contributed by atoms with Gasteiger partial charge in [-0.3, -0.25) is 0 Å². The second-order valence-corrected chi connectivity index (χ2v) is 16.2. The van der Waals surface area contributed by atoms with E-state index in [1.807, 2.05) is 0 Å². The highest BCUT2D eigenvalue weighted by atomic mass is 16.3. The number of fused-ring (bicyclic) bond motifs is 6. The third kappa shape index (κ3) is 6.55. The van der Waals surface area contributed by atoms with Crippen molar-refractivity contribution in [3.63, 3.8) is 0 Å². The Kier molecular flexibility index (Phi) is 8.83. The van der Waals surface area contributed by atoms with Crippen LogP contribution in [0.2, 0.25) is 0 Å². The molecule has 0 aliphatic rings. The van der Waals surface area contributed by atoms with Gasteiger partial charge < -0.3 is 13.9 Å². The molecule has 3 nitrogen and oxygen atoms in total. The Morgan fingerprint density at radius 3 is 1.13 bits per heavy atom. The van der Waals surface area contributed by atoms with E-state index in [0.717, 1.165) is 50.3 Å². The van der Waals surface area contributed by atoms with Crippen molar-refractivity contribution in [1.29, 1.82) is 0 Å². The molecule has 0 radical (unpaired) electrons. The van der Waals surface area contributed by atoms with Gasteiger partial charge in [-0.1, -0.05) is 152 Å². The number of furan rings is 1. The van der Waals surface area contributed by atoms with Crippen LogP contribution in [0.3, 0.4) is 0 Å². The van der Waals surface area contributed by atoms with Crippen LogP contribution in [0, 0.1) is 0 Å². The first-order chi connectivity index (χ1) is 31.2. The lowest BCUT2D eigenvalue weighted by molar-refractivity contribution is 0.669. The minimum Gasteiger partial charge on any atom is -0.456 e. The van der Waals surface area contributed by atoms with Crippen LogP contribution in [-0.2, 0) is 0 Å². The van der Waals surface area contributed by atoms with E-state index in [0.29, 0.717) is 0 Å². The molecule has 0 saturated heterocycles. The standard InChI is InChI=1S/C60H40N2O/c1-5-13-41(14-6-1)44-21-28-50(29-22-44)61(52-32-36-60-56(40-52)55-39-48(27-35-59(55)63-60)43-17-9-3-10-18-43)51-30-23-45(24-31-51)47-26-34-58-54(38-47)53-37-46(42-15-7-2-8-16-42)25-33-57(53)62(58)49-19-11-4-12-20-49/h1-40H. The highest BCUT2D eigenvalue weighted by Gasteiger charge is 2.18. The van der Waals surface area contributed by atoms with Gasteiger partial charge >= 0.3 is 0 Å². The summed E-state index contributed by atoms with van der Waals surface area (Å²) in [7, 11) is 0. The Morgan fingerprint density at radius 2 is 0.619 bits per heavy atom. The molecule has 10 aromatic carbocycles. The number of hydrogen-bond acceptors (Lipinski definition) is 2. The maximum absolute atomic E-state index is 6.41. The highest BCUT2D eigenvalue weighted by molar-refractivity contribution is 6.12. The zero-order valence-corrected chi connectivity index (χ0v) is 34.4. The summed E-state index contributed by atoms with van der Waals surface area (Å²) < 4.78 is 8.80. The molecule has 0 aliphatic carbocycles. The average molecular weight is 805 g/mol. The number of aromatic nitrogens is 1. The molecule has 0 fully saturated rings. The van der Waals surface area contributed by atoms with Crippen LogP contribution in [-0.4, -0.2) is 4.57 Å². The molecule has 0 atom stereocenters. The van der Waals surface area contributed by atoms with E-state index in [4.69, 9.17) is 4.42 Å². The number of rotatable bonds is 8. The molecule has 0 unspecified atom stereocenters. The van der Waals surface area contributed by atoms with Crippen molar-refractivity contribution in [3.8, 4) is 50.2 Å². The second kappa shape index (κ2) is 15.3. The summed E-state index contributed by atoms with van der Waals surface area (Å²) in [5, 5.41) is 4.64. The highest BCUT2D eigenvalue weighted by Crippen LogP contribution is 2.42. The lowest BCUT2D eigenvalue weighted by atomic mass is 10.00. The normalized spacial score (nSPS) is 11.5. The minimum absolute atomic E-state index is 0.869. The van der Waals surface area contributed by atoms with E-state index in [1.54, 1.807) is 0 Å². The van der Waals surface area contributed by atoms with Crippen molar-refractivity contribution < 1.29 is 4.42 Å². The van der Waals surface area contributed by atoms with Crippen LogP contribution in [0.4, 0.5) is 17.1 Å². The molecule has 296 valence electrons. The fraction of sp³-hybridized carbons (Fsp3) is 0. The van der Waals surface area contributed by atoms with Crippen molar-refractivity contribution in [1.82, 2.24) is 4.57 Å². The maximum Gasteiger partial charge on any atom is 0.135 e. The molecule has 63 heavy (non-hydrogen) atoms. The van der Waals surface area contributed by atoms with Gasteiger partial charge in [0.1, 0.15) is 11.2 Å². The molecule has 2 aromatic heterocycles. The van der Waals surface area contributed by atoms with Gasteiger partial charge in [0.15, 0.2) is 0 Å². The minimum atomic E-state index is 0.869. The van der Waals surface area contributed by atoms with Crippen molar-refractivity contribution >= 4 is 60.8 Å². The second-order valence-electron chi connectivity index (χ2n) is 16.2. The van der Waals surface area contributed by atoms with E-state index < -0.39 is 0 Å². The van der Waals surface area contributed by atoms with Gasteiger partial charge in [-0.2, -0.15) is 0 Å². The van der Waals surface area contributed by atoms with Gasteiger partial charge in [0.25, 0.3) is 0 Å². The van der Waals surface area contributed by atoms with E-state index in [9.17, 15) is 0 Å². The maximum atomic E-state index is 6.41. The Bertz CT molecular complexity index is 3570. The molecule has 0 aliphatic heterocycles. The van der Waals surface area contributed by atoms with Crippen molar-refractivity contribution in [3.05, 3.63) is 243 Å². The predicted molar refractivity (Wildman–Crippen MR) is 264 cm³/mol. The van der Waals surface area contributed by atoms with Crippen molar-refractivity contribution in [2.75, 3.05) is 4.90 Å². The molecule has 0 spiro atoms. The largest absolute Gasteiger partial charge is 0.456 e. The predicted octanol–water partition coefficient (Wildman–Crippen LogP) is 16.8. The summed E-state index contributed by atoms with van der Waals surface area (Å²) in [6.45, 7) is 0. The van der Waals surface area contributed by atoms with E-state index in [2.05, 4.69) is 252 Å². The molecule has 0 bridgehead atoms. The van der Waals surface area contributed by atoms with Gasteiger partial charge in [-0.25, -0.2) is 0 Å². The number of anilines is 3. The first-order valence-electron chi connectivity index (χ1n) is 21.5. The number of para-hydroxylation sites is 1. The monoisotopic (exact) mass is 804 g/mol. The van der Waals surface area contributed by atoms with Crippen LogP contribution < -0.4 is 4.90 Å². The van der Waals surface area contributed by atoms with Gasteiger partial charge in [0, 0.05) is 44.3 Å². The van der Waals surface area contributed by atoms with Crippen LogP contribution in [0.25, 0.3) is 93.9 Å². The summed E-state index contributed by atoms with van der Waals surface area (Å²) in [4.78, 5) is 2.35. The number of hydrogen-bond donors (Lipinski definition) is 0. The third-order valence-electron chi connectivity index (χ3n) is 12.4. The zero-order valence-electron chi connectivity index (χ0n) is 34.4. The van der Waals surface area contributed by atoms with Crippen LogP contribution in [0.15, 0.2) is 247 Å². The molecule has 0 amide bonds. The SMILES string of the molecule is c1ccc(-c2ccc(N(c3ccc(-c4ccc5c(c4)c4cc(-c6ccccc6)ccc4n5-c4ccccc4)cc3)c3ccc4oc5ccc(-c6ccccc6)cc5c4c3)cc2)cc1. The van der Waals surface area contributed by atoms with E-state index in [1.165, 1.54) is 60.8 Å². The summed E-state index contributed by atoms with van der Waals surface area (Å²) in [6.07, 6.45) is 0. The van der Waals surface area contributed by atoms with Gasteiger partial charge in [-0.15, -0.1) is 0 Å². The molecule has 0 N–H and O–H groups in total. The molecule has 3 heteroatoms. The van der Waals surface area contributed by atoms with Crippen LogP contribution in [0.5, 0.6) is 0 Å². The molecule has 12 rings (SSSR count). The molecule has 0 saturated carbocycles. The summed E-state index contributed by atoms with van der Waals surface area (Å²) >= 11 is 0. The Labute approximate surface area is 366 Å². The fourth-order valence-electron chi connectivity index (χ4n) is 9.27. The van der Waals surface area contributed by atoms with Crippen LogP contribution in [0.1, 0.15) is 0 Å². The topological polar surface area (TPSA) is 21.3 Å². The Hall–Kier alpha value is -8.40. The van der Waals surface area contributed by atoms with Crippen molar-refractivity contribution in [2.24, 2.45) is 0 Å². The summed E-state index contributed by atoms with van der Waals surface area (Å²) in [5.41, 5.74) is 17.9. The Morgan fingerprint density at radius 1 is 0.270 bits per heavy atom. The van der Waals surface area contributed by atoms with Gasteiger partial charge in [0.05, 0.1) is 11.0 Å². The third-order valence-corrected chi connectivity index (χ3v) is 12.4. The van der Waals surface area contributed by atoms with Crippen molar-refractivity contribution in [2.45, 2.75) is 0 Å². The molecule has 2 heterocycles. The Balaban J connectivity index is 0.972. The lowest BCUT2D eigenvalue weighted by Crippen LogP contribution is -2.09. The van der Waals surface area contributed by atoms with E-state index >= 15 is 0 Å².